The quantitative estimate of drug-likeness (QED) is 0.898. The maximum atomic E-state index is 12.8. The number of anilines is 2. The molecule has 136 valence electrons. The lowest BCUT2D eigenvalue weighted by atomic mass is 10.1. The van der Waals surface area contributed by atoms with E-state index in [0.717, 1.165) is 31.6 Å². The first kappa shape index (κ1) is 18.0. The highest BCUT2D eigenvalue weighted by molar-refractivity contribution is 6.01. The highest BCUT2D eigenvalue weighted by Crippen LogP contribution is 2.20. The van der Waals surface area contributed by atoms with Crippen LogP contribution in [0.1, 0.15) is 29.6 Å². The normalized spacial score (nSPS) is 14.0. The molecule has 1 aliphatic rings. The van der Waals surface area contributed by atoms with Crippen molar-refractivity contribution >= 4 is 23.2 Å². The Morgan fingerprint density at radius 1 is 0.962 bits per heavy atom. The molecule has 1 fully saturated rings. The van der Waals surface area contributed by atoms with E-state index in [1.165, 1.54) is 6.42 Å². The van der Waals surface area contributed by atoms with E-state index in [1.807, 2.05) is 59.5 Å². The standard InChI is InChI=1S/C21H25N3O2/c1-23(17-10-4-2-5-11-17)20(25)16-22-19-13-7-6-12-18(19)21(26)24-14-8-3-9-15-24/h2,4-7,10-13,22H,3,8-9,14-16H2,1H3. The first-order valence-corrected chi connectivity index (χ1v) is 9.10. The second-order valence-corrected chi connectivity index (χ2v) is 6.54. The number of nitrogens with one attached hydrogen (secondary N) is 1. The molecule has 5 heteroatoms. The van der Waals surface area contributed by atoms with Gasteiger partial charge in [0.1, 0.15) is 0 Å². The van der Waals surface area contributed by atoms with Crippen LogP contribution in [0.25, 0.3) is 0 Å². The zero-order valence-corrected chi connectivity index (χ0v) is 15.1. The Bertz CT molecular complexity index is 755. The first-order chi connectivity index (χ1) is 12.7. The second kappa shape index (κ2) is 8.52. The maximum absolute atomic E-state index is 12.8. The third-order valence-corrected chi connectivity index (χ3v) is 4.75. The molecule has 2 aromatic rings. The van der Waals surface area contributed by atoms with Crippen molar-refractivity contribution in [2.75, 3.05) is 36.9 Å². The van der Waals surface area contributed by atoms with E-state index in [4.69, 9.17) is 0 Å². The Morgan fingerprint density at radius 2 is 1.62 bits per heavy atom. The summed E-state index contributed by atoms with van der Waals surface area (Å²) in [5.41, 5.74) is 2.18. The number of rotatable bonds is 5. The Morgan fingerprint density at radius 3 is 2.35 bits per heavy atom. The number of amides is 2. The number of benzene rings is 2. The molecule has 0 unspecified atom stereocenters. The molecule has 26 heavy (non-hydrogen) atoms. The van der Waals surface area contributed by atoms with E-state index >= 15 is 0 Å². The summed E-state index contributed by atoms with van der Waals surface area (Å²) in [4.78, 5) is 28.8. The maximum Gasteiger partial charge on any atom is 0.255 e. The molecule has 1 N–H and O–H groups in total. The summed E-state index contributed by atoms with van der Waals surface area (Å²) in [7, 11) is 1.75. The van der Waals surface area contributed by atoms with Crippen LogP contribution in [0.4, 0.5) is 11.4 Å². The van der Waals surface area contributed by atoms with Crippen molar-refractivity contribution < 1.29 is 9.59 Å². The molecular formula is C21H25N3O2. The number of hydrogen-bond donors (Lipinski definition) is 1. The first-order valence-electron chi connectivity index (χ1n) is 9.10. The summed E-state index contributed by atoms with van der Waals surface area (Å²) in [5, 5.41) is 3.14. The minimum atomic E-state index is -0.0589. The molecular weight excluding hydrogens is 326 g/mol. The van der Waals surface area contributed by atoms with Crippen LogP contribution in [0.3, 0.4) is 0 Å². The van der Waals surface area contributed by atoms with Gasteiger partial charge >= 0.3 is 0 Å². The van der Waals surface area contributed by atoms with Crippen LogP contribution >= 0.6 is 0 Å². The summed E-state index contributed by atoms with van der Waals surface area (Å²) >= 11 is 0. The molecule has 0 bridgehead atoms. The largest absolute Gasteiger partial charge is 0.375 e. The van der Waals surface area contributed by atoms with Crippen LogP contribution in [0.2, 0.25) is 0 Å². The van der Waals surface area contributed by atoms with Gasteiger partial charge in [-0.1, -0.05) is 30.3 Å². The molecule has 0 aliphatic carbocycles. The van der Waals surface area contributed by atoms with E-state index in [1.54, 1.807) is 11.9 Å². The lowest BCUT2D eigenvalue weighted by Crippen LogP contribution is -2.36. The highest BCUT2D eigenvalue weighted by atomic mass is 16.2. The molecule has 0 radical (unpaired) electrons. The van der Waals surface area contributed by atoms with Gasteiger partial charge in [-0.05, 0) is 43.5 Å². The molecule has 1 heterocycles. The Kier molecular flexibility index (Phi) is 5.89. The SMILES string of the molecule is CN(C(=O)CNc1ccccc1C(=O)N1CCCCC1)c1ccccc1. The number of carbonyl (C=O) groups excluding carboxylic acids is 2. The van der Waals surface area contributed by atoms with Gasteiger partial charge in [0.25, 0.3) is 5.91 Å². The lowest BCUT2D eigenvalue weighted by Gasteiger charge is -2.27. The molecule has 0 saturated carbocycles. The Balaban J connectivity index is 1.66. The average molecular weight is 351 g/mol. The monoisotopic (exact) mass is 351 g/mol. The molecule has 3 rings (SSSR count). The van der Waals surface area contributed by atoms with Crippen molar-refractivity contribution in [3.8, 4) is 0 Å². The smallest absolute Gasteiger partial charge is 0.255 e. The van der Waals surface area contributed by atoms with Gasteiger partial charge in [-0.3, -0.25) is 9.59 Å². The fourth-order valence-electron chi connectivity index (χ4n) is 3.18. The van der Waals surface area contributed by atoms with Gasteiger partial charge in [0.2, 0.25) is 5.91 Å². The van der Waals surface area contributed by atoms with Crippen molar-refractivity contribution in [3.63, 3.8) is 0 Å². The van der Waals surface area contributed by atoms with Crippen molar-refractivity contribution in [2.24, 2.45) is 0 Å². The van der Waals surface area contributed by atoms with Crippen molar-refractivity contribution in [1.82, 2.24) is 4.90 Å². The predicted molar refractivity (Wildman–Crippen MR) is 105 cm³/mol. The van der Waals surface area contributed by atoms with Gasteiger partial charge in [-0.2, -0.15) is 0 Å². The van der Waals surface area contributed by atoms with Gasteiger partial charge in [0.15, 0.2) is 0 Å². The summed E-state index contributed by atoms with van der Waals surface area (Å²) < 4.78 is 0. The van der Waals surface area contributed by atoms with Crippen molar-refractivity contribution in [2.45, 2.75) is 19.3 Å². The fraction of sp³-hybridized carbons (Fsp3) is 0.333. The molecule has 0 spiro atoms. The van der Waals surface area contributed by atoms with E-state index in [9.17, 15) is 9.59 Å². The van der Waals surface area contributed by atoms with Gasteiger partial charge in [-0.15, -0.1) is 0 Å². The third-order valence-electron chi connectivity index (χ3n) is 4.75. The second-order valence-electron chi connectivity index (χ2n) is 6.54. The van der Waals surface area contributed by atoms with Crippen LogP contribution in [-0.2, 0) is 4.79 Å². The Hall–Kier alpha value is -2.82. The average Bonchev–Trinajstić information content (AvgIpc) is 2.72. The predicted octanol–water partition coefficient (Wildman–Crippen LogP) is 3.39. The zero-order chi connectivity index (χ0) is 18.4. The topological polar surface area (TPSA) is 52.7 Å². The van der Waals surface area contributed by atoms with Crippen molar-refractivity contribution in [1.29, 1.82) is 0 Å². The number of nitrogens with zero attached hydrogens (tertiary/aromatic N) is 2. The number of likely N-dealkylation sites (tertiary alicyclic amines) is 1. The van der Waals surface area contributed by atoms with Crippen LogP contribution in [0, 0.1) is 0 Å². The van der Waals surface area contributed by atoms with Crippen LogP contribution in [0.5, 0.6) is 0 Å². The third kappa shape index (κ3) is 4.23. The molecule has 5 nitrogen and oxygen atoms in total. The minimum absolute atomic E-state index is 0.0386. The summed E-state index contributed by atoms with van der Waals surface area (Å²) in [6.07, 6.45) is 3.30. The number of hydrogen-bond acceptors (Lipinski definition) is 3. The van der Waals surface area contributed by atoms with Gasteiger partial charge in [0.05, 0.1) is 12.1 Å². The molecule has 0 atom stereocenters. The van der Waals surface area contributed by atoms with Crippen LogP contribution < -0.4 is 10.2 Å². The molecule has 2 amide bonds. The molecule has 1 saturated heterocycles. The zero-order valence-electron chi connectivity index (χ0n) is 15.1. The van der Waals surface area contributed by atoms with E-state index in [2.05, 4.69) is 5.32 Å². The number of likely N-dealkylation sites (N-methyl/N-ethyl adjacent to an activating group) is 1. The van der Waals surface area contributed by atoms with E-state index < -0.39 is 0 Å². The fourth-order valence-corrected chi connectivity index (χ4v) is 3.18. The molecule has 1 aliphatic heterocycles. The Labute approximate surface area is 154 Å². The number of piperidine rings is 1. The van der Waals surface area contributed by atoms with Gasteiger partial charge in [-0.25, -0.2) is 0 Å². The van der Waals surface area contributed by atoms with Crippen molar-refractivity contribution in [3.05, 3.63) is 60.2 Å². The summed E-state index contributed by atoms with van der Waals surface area (Å²) in [6, 6.07) is 16.9. The summed E-state index contributed by atoms with van der Waals surface area (Å²) in [6.45, 7) is 1.75. The van der Waals surface area contributed by atoms with Gasteiger partial charge in [0, 0.05) is 31.5 Å². The van der Waals surface area contributed by atoms with E-state index in [-0.39, 0.29) is 18.4 Å². The molecule has 0 aromatic heterocycles. The van der Waals surface area contributed by atoms with Crippen LogP contribution in [-0.4, -0.2) is 43.4 Å². The lowest BCUT2D eigenvalue weighted by molar-refractivity contribution is -0.116. The van der Waals surface area contributed by atoms with E-state index in [0.29, 0.717) is 11.3 Å². The number of para-hydroxylation sites is 2. The van der Waals surface area contributed by atoms with Gasteiger partial charge < -0.3 is 15.1 Å². The van der Waals surface area contributed by atoms with Crippen LogP contribution in [0.15, 0.2) is 54.6 Å². The highest BCUT2D eigenvalue weighted by Gasteiger charge is 2.21. The summed E-state index contributed by atoms with van der Waals surface area (Å²) in [5.74, 6) is -0.0203. The minimum Gasteiger partial charge on any atom is -0.375 e. The number of carbonyl (C=O) groups is 2. The molecule has 2 aromatic carbocycles.